The number of β-lactam (4-membered cyclic amide) rings is 1. The fourth-order valence-electron chi connectivity index (χ4n) is 6.42. The first-order valence-corrected chi connectivity index (χ1v) is 17.3. The summed E-state index contributed by atoms with van der Waals surface area (Å²) in [5.41, 5.74) is 4.56. The lowest BCUT2D eigenvalue weighted by molar-refractivity contribution is -0.157. The Balaban J connectivity index is 1.21. The van der Waals surface area contributed by atoms with E-state index in [9.17, 15) is 14.4 Å². The quantitative estimate of drug-likeness (QED) is 0.0881. The number of benzene rings is 4. The molecule has 2 atom stereocenters. The summed E-state index contributed by atoms with van der Waals surface area (Å²) in [7, 11) is 0. The van der Waals surface area contributed by atoms with Gasteiger partial charge in [0.25, 0.3) is 0 Å². The number of alkyl halides is 1. The van der Waals surface area contributed by atoms with Crippen LogP contribution in [0.3, 0.4) is 0 Å². The summed E-state index contributed by atoms with van der Waals surface area (Å²) >= 11 is 7.66. The fraction of sp³-hybridized carbons (Fsp3) is 0.256. The van der Waals surface area contributed by atoms with Crippen molar-refractivity contribution < 1.29 is 23.9 Å². The summed E-state index contributed by atoms with van der Waals surface area (Å²) in [5.74, 6) is -0.244. The largest absolute Gasteiger partial charge is 0.489 e. The van der Waals surface area contributed by atoms with Gasteiger partial charge in [0.2, 0.25) is 5.91 Å². The maximum atomic E-state index is 14.5. The highest BCUT2D eigenvalue weighted by Gasteiger charge is 2.63. The molecule has 8 heteroatoms. The number of ketones is 1. The molecule has 47 heavy (non-hydrogen) atoms. The summed E-state index contributed by atoms with van der Waals surface area (Å²) in [6, 6.07) is 36.3. The second kappa shape index (κ2) is 13.4. The summed E-state index contributed by atoms with van der Waals surface area (Å²) in [4.78, 5) is 43.1. The Morgan fingerprint density at radius 2 is 1.43 bits per heavy atom. The number of halogens is 1. The molecule has 1 spiro atoms. The van der Waals surface area contributed by atoms with Gasteiger partial charge in [0.05, 0.1) is 11.3 Å². The molecule has 0 aromatic heterocycles. The Labute approximate surface area is 283 Å². The van der Waals surface area contributed by atoms with Gasteiger partial charge in [-0.1, -0.05) is 103 Å². The number of nitrogens with zero attached hydrogens (tertiary/aromatic N) is 1. The second-order valence-electron chi connectivity index (χ2n) is 12.2. The number of carbonyl (C=O) groups excluding carboxylic acids is 3. The third kappa shape index (κ3) is 6.47. The van der Waals surface area contributed by atoms with Crippen molar-refractivity contribution in [1.82, 2.24) is 4.90 Å². The first-order valence-electron chi connectivity index (χ1n) is 15.8. The van der Waals surface area contributed by atoms with Crippen molar-refractivity contribution in [3.8, 4) is 5.75 Å². The molecule has 0 N–H and O–H groups in total. The Kier molecular flexibility index (Phi) is 8.93. The molecular weight excluding hydrogens is 630 g/mol. The van der Waals surface area contributed by atoms with Crippen LogP contribution in [-0.4, -0.2) is 39.3 Å². The summed E-state index contributed by atoms with van der Waals surface area (Å²) in [6.45, 7) is 0.132. The molecule has 2 heterocycles. The molecule has 3 aliphatic rings. The number of carbonyl (C=O) groups is 3. The molecule has 7 rings (SSSR count). The van der Waals surface area contributed by atoms with Crippen LogP contribution in [-0.2, 0) is 31.4 Å². The van der Waals surface area contributed by atoms with Gasteiger partial charge in [0.1, 0.15) is 23.8 Å². The third-order valence-electron chi connectivity index (χ3n) is 9.06. The topological polar surface area (TPSA) is 72.9 Å². The standard InChI is InChI=1S/C39H34ClNO5S/c40-24-27-16-18-31(19-17-27)45-25-33-34(38(44)46-35(28-12-6-2-7-13-28)29-14-8-3-9-15-29)41-36(43)32(37(41)47-39(33)20-21-39)23-30(42)22-26-10-4-1-5-11-26/h1-19,32,35,37H,20-25H2/t32-,37-/m1/s1. The molecule has 1 aliphatic carbocycles. The highest BCUT2D eigenvalue weighted by Crippen LogP contribution is 2.63. The minimum atomic E-state index is -0.675. The van der Waals surface area contributed by atoms with Gasteiger partial charge < -0.3 is 9.47 Å². The molecule has 4 aromatic carbocycles. The maximum absolute atomic E-state index is 14.5. The number of thioether (sulfide) groups is 1. The van der Waals surface area contributed by atoms with Crippen LogP contribution < -0.4 is 4.74 Å². The predicted molar refractivity (Wildman–Crippen MR) is 183 cm³/mol. The monoisotopic (exact) mass is 663 g/mol. The molecule has 2 aliphatic heterocycles. The van der Waals surface area contributed by atoms with E-state index in [-0.39, 0.29) is 47.0 Å². The average Bonchev–Trinajstić information content (AvgIpc) is 3.89. The van der Waals surface area contributed by atoms with E-state index in [0.29, 0.717) is 11.6 Å². The predicted octanol–water partition coefficient (Wildman–Crippen LogP) is 7.66. The normalized spacial score (nSPS) is 19.3. The zero-order valence-electron chi connectivity index (χ0n) is 25.7. The second-order valence-corrected chi connectivity index (χ2v) is 14.0. The van der Waals surface area contributed by atoms with E-state index in [0.717, 1.165) is 40.7 Å². The number of amides is 1. The molecule has 2 fully saturated rings. The van der Waals surface area contributed by atoms with E-state index >= 15 is 0 Å². The first-order chi connectivity index (χ1) is 23.0. The van der Waals surface area contributed by atoms with Crippen LogP contribution in [0.5, 0.6) is 5.75 Å². The highest BCUT2D eigenvalue weighted by atomic mass is 35.5. The van der Waals surface area contributed by atoms with Gasteiger partial charge in [-0.2, -0.15) is 0 Å². The Morgan fingerprint density at radius 3 is 2.00 bits per heavy atom. The van der Waals surface area contributed by atoms with Gasteiger partial charge >= 0.3 is 5.97 Å². The molecule has 0 bridgehead atoms. The number of ether oxygens (including phenoxy) is 2. The Bertz CT molecular complexity index is 1750. The van der Waals surface area contributed by atoms with Crippen LogP contribution in [0.4, 0.5) is 0 Å². The van der Waals surface area contributed by atoms with Crippen LogP contribution in [0.1, 0.15) is 47.6 Å². The molecule has 6 nitrogen and oxygen atoms in total. The first kappa shape index (κ1) is 31.3. The lowest BCUT2D eigenvalue weighted by atomic mass is 9.88. The summed E-state index contributed by atoms with van der Waals surface area (Å²) in [6.07, 6.45) is 1.43. The molecule has 1 amide bonds. The third-order valence-corrected chi connectivity index (χ3v) is 11.3. The smallest absolute Gasteiger partial charge is 0.356 e. The molecule has 1 saturated carbocycles. The van der Waals surface area contributed by atoms with Crippen LogP contribution in [0.15, 0.2) is 127 Å². The van der Waals surface area contributed by atoms with Crippen molar-refractivity contribution in [2.24, 2.45) is 5.92 Å². The van der Waals surface area contributed by atoms with E-state index in [2.05, 4.69) is 0 Å². The van der Waals surface area contributed by atoms with Gasteiger partial charge in [0, 0.05) is 29.0 Å². The van der Waals surface area contributed by atoms with Crippen LogP contribution in [0.25, 0.3) is 0 Å². The van der Waals surface area contributed by atoms with Crippen molar-refractivity contribution in [2.45, 2.75) is 47.8 Å². The van der Waals surface area contributed by atoms with Crippen molar-refractivity contribution in [3.05, 3.63) is 149 Å². The number of hydrogen-bond acceptors (Lipinski definition) is 6. The lowest BCUT2D eigenvalue weighted by Gasteiger charge is -2.52. The molecule has 0 unspecified atom stereocenters. The van der Waals surface area contributed by atoms with Crippen LogP contribution in [0, 0.1) is 5.92 Å². The fourth-order valence-corrected chi connectivity index (χ4v) is 8.39. The Morgan fingerprint density at radius 1 is 0.830 bits per heavy atom. The van der Waals surface area contributed by atoms with Gasteiger partial charge in [-0.3, -0.25) is 14.5 Å². The van der Waals surface area contributed by atoms with E-state index in [1.54, 1.807) is 16.7 Å². The van der Waals surface area contributed by atoms with Crippen molar-refractivity contribution >= 4 is 41.0 Å². The SMILES string of the molecule is O=C(Cc1ccccc1)C[C@@H]1C(=O)N2C(C(=O)OC(c3ccccc3)c3ccccc3)=C(COc3ccc(CCl)cc3)C3(CC3)S[C@H]12. The van der Waals surface area contributed by atoms with Crippen LogP contribution >= 0.6 is 23.4 Å². The Hall–Kier alpha value is -4.33. The maximum Gasteiger partial charge on any atom is 0.356 e. The van der Waals surface area contributed by atoms with Crippen LogP contribution in [0.2, 0.25) is 0 Å². The van der Waals surface area contributed by atoms with Gasteiger partial charge in [0.15, 0.2) is 6.10 Å². The van der Waals surface area contributed by atoms with Crippen molar-refractivity contribution in [2.75, 3.05) is 6.61 Å². The van der Waals surface area contributed by atoms with E-state index in [1.807, 2.05) is 115 Å². The molecule has 1 saturated heterocycles. The zero-order chi connectivity index (χ0) is 32.4. The number of rotatable bonds is 12. The van der Waals surface area contributed by atoms with E-state index in [1.165, 1.54) is 0 Å². The molecular formula is C39H34ClNO5S. The zero-order valence-corrected chi connectivity index (χ0v) is 27.3. The average molecular weight is 664 g/mol. The summed E-state index contributed by atoms with van der Waals surface area (Å²) < 4.78 is 12.3. The molecule has 238 valence electrons. The van der Waals surface area contributed by atoms with Crippen molar-refractivity contribution in [1.29, 1.82) is 0 Å². The minimum absolute atomic E-state index is 0.00972. The minimum Gasteiger partial charge on any atom is -0.489 e. The molecule has 4 aromatic rings. The lowest BCUT2D eigenvalue weighted by Crippen LogP contribution is -2.63. The van der Waals surface area contributed by atoms with E-state index in [4.69, 9.17) is 21.1 Å². The summed E-state index contributed by atoms with van der Waals surface area (Å²) in [5, 5.41) is -0.328. The van der Waals surface area contributed by atoms with Gasteiger partial charge in [-0.25, -0.2) is 4.79 Å². The number of Topliss-reactive ketones (excluding diaryl/α,β-unsaturated/α-hetero) is 1. The van der Waals surface area contributed by atoms with Crippen molar-refractivity contribution in [3.63, 3.8) is 0 Å². The van der Waals surface area contributed by atoms with E-state index < -0.39 is 18.0 Å². The van der Waals surface area contributed by atoms with Gasteiger partial charge in [-0.05, 0) is 47.2 Å². The number of fused-ring (bicyclic) bond motifs is 1. The molecule has 0 radical (unpaired) electrons. The van der Waals surface area contributed by atoms with Gasteiger partial charge in [-0.15, -0.1) is 23.4 Å². The highest BCUT2D eigenvalue weighted by molar-refractivity contribution is 8.01. The number of hydrogen-bond donors (Lipinski definition) is 0. The number of esters is 1.